The molecule has 4 rings (SSSR count). The molecule has 0 aliphatic carbocycles. The van der Waals surface area contributed by atoms with E-state index in [1.807, 2.05) is 12.1 Å². The lowest BCUT2D eigenvalue weighted by molar-refractivity contribution is -0.139. The van der Waals surface area contributed by atoms with Crippen LogP contribution in [-0.4, -0.2) is 36.4 Å². The van der Waals surface area contributed by atoms with Crippen LogP contribution in [0.3, 0.4) is 0 Å². The summed E-state index contributed by atoms with van der Waals surface area (Å²) in [4.78, 5) is 25.5. The molecule has 1 aliphatic rings. The summed E-state index contributed by atoms with van der Waals surface area (Å²) < 4.78 is 18.6. The standard InChI is InChI=1S/C30H26Br2Cl2N4O5S/c1-3-41-29(40)26-16(2)36-30(44)37-27(26)20-6-4-5-7-24(20)42-15-25(39)38-35-13-18-11-19(31)12-21(32)28(18)43-14-17-8-9-22(33)23(34)10-17/h4-13,27H,3,14-15H2,1-2H3,(H,38,39)(H2,36,37,44)/t27-/m1/s1. The highest BCUT2D eigenvalue weighted by Crippen LogP contribution is 2.35. The van der Waals surface area contributed by atoms with Crippen molar-refractivity contribution in [2.75, 3.05) is 13.2 Å². The number of halogens is 4. The highest BCUT2D eigenvalue weighted by Gasteiger charge is 2.32. The van der Waals surface area contributed by atoms with Gasteiger partial charge in [0.1, 0.15) is 18.1 Å². The number of carbonyl (C=O) groups is 2. The maximum Gasteiger partial charge on any atom is 0.338 e. The van der Waals surface area contributed by atoms with Crippen molar-refractivity contribution >= 4 is 90.5 Å². The molecule has 1 amide bonds. The Balaban J connectivity index is 1.44. The number of allylic oxidation sites excluding steroid dienone is 1. The fourth-order valence-electron chi connectivity index (χ4n) is 4.22. The Bertz CT molecular complexity index is 1650. The molecule has 0 unspecified atom stereocenters. The van der Waals surface area contributed by atoms with Gasteiger partial charge in [-0.1, -0.05) is 63.4 Å². The molecular formula is C30H26Br2Cl2N4O5S. The zero-order valence-corrected chi connectivity index (χ0v) is 28.9. The number of nitrogens with zero attached hydrogens (tertiary/aromatic N) is 1. The molecule has 3 N–H and O–H groups in total. The first-order chi connectivity index (χ1) is 21.1. The van der Waals surface area contributed by atoms with Crippen molar-refractivity contribution in [3.8, 4) is 11.5 Å². The van der Waals surface area contributed by atoms with Crippen LogP contribution in [0, 0.1) is 0 Å². The molecule has 1 heterocycles. The van der Waals surface area contributed by atoms with E-state index in [-0.39, 0.29) is 19.8 Å². The summed E-state index contributed by atoms with van der Waals surface area (Å²) in [5.74, 6) is -0.0960. The number of thiocarbonyl (C=S) groups is 1. The first-order valence-electron chi connectivity index (χ1n) is 13.1. The van der Waals surface area contributed by atoms with Crippen molar-refractivity contribution < 1.29 is 23.8 Å². The van der Waals surface area contributed by atoms with Gasteiger partial charge in [0.15, 0.2) is 11.7 Å². The molecule has 0 aromatic heterocycles. The number of benzene rings is 3. The largest absolute Gasteiger partial charge is 0.487 e. The molecule has 0 saturated heterocycles. The second kappa shape index (κ2) is 15.7. The number of hydrogen-bond donors (Lipinski definition) is 3. The van der Waals surface area contributed by atoms with Crippen molar-refractivity contribution in [2.24, 2.45) is 5.10 Å². The molecule has 44 heavy (non-hydrogen) atoms. The van der Waals surface area contributed by atoms with E-state index >= 15 is 0 Å². The summed E-state index contributed by atoms with van der Waals surface area (Å²) in [6, 6.07) is 15.3. The van der Waals surface area contributed by atoms with Crippen LogP contribution in [0.5, 0.6) is 11.5 Å². The Hall–Kier alpha value is -3.16. The maximum absolute atomic E-state index is 12.8. The number of amides is 1. The van der Waals surface area contributed by atoms with Gasteiger partial charge in [0.2, 0.25) is 0 Å². The second-order valence-electron chi connectivity index (χ2n) is 9.25. The lowest BCUT2D eigenvalue weighted by atomic mass is 9.95. The Morgan fingerprint density at radius 2 is 1.86 bits per heavy atom. The number of hydrazone groups is 1. The first-order valence-corrected chi connectivity index (χ1v) is 15.9. The van der Waals surface area contributed by atoms with E-state index in [1.165, 1.54) is 6.21 Å². The van der Waals surface area contributed by atoms with Gasteiger partial charge < -0.3 is 24.8 Å². The lowest BCUT2D eigenvalue weighted by Gasteiger charge is -2.30. The van der Waals surface area contributed by atoms with Crippen LogP contribution in [0.2, 0.25) is 10.0 Å². The molecule has 0 spiro atoms. The zero-order valence-electron chi connectivity index (χ0n) is 23.4. The SMILES string of the molecule is CCOC(=O)C1=C(C)NC(=S)N[C@@H]1c1ccccc1OCC(=O)NN=Cc1cc(Br)cc(Br)c1OCc1ccc(Cl)c(Cl)c1. The van der Waals surface area contributed by atoms with Crippen molar-refractivity contribution in [3.05, 3.63) is 102 Å². The fraction of sp³-hybridized carbons (Fsp3) is 0.200. The van der Waals surface area contributed by atoms with Gasteiger partial charge in [-0.05, 0) is 77.9 Å². The van der Waals surface area contributed by atoms with Crippen LogP contribution in [-0.2, 0) is 20.9 Å². The van der Waals surface area contributed by atoms with E-state index in [2.05, 4.69) is 53.0 Å². The molecule has 1 aliphatic heterocycles. The van der Waals surface area contributed by atoms with Crippen LogP contribution < -0.4 is 25.5 Å². The molecule has 0 radical (unpaired) electrons. The van der Waals surface area contributed by atoms with Crippen LogP contribution >= 0.6 is 67.3 Å². The summed E-state index contributed by atoms with van der Waals surface area (Å²) >= 11 is 24.4. The monoisotopic (exact) mass is 782 g/mol. The highest BCUT2D eigenvalue weighted by molar-refractivity contribution is 9.11. The second-order valence-corrected chi connectivity index (χ2v) is 12.2. The minimum Gasteiger partial charge on any atom is -0.487 e. The van der Waals surface area contributed by atoms with E-state index in [9.17, 15) is 9.59 Å². The molecule has 3 aromatic rings. The van der Waals surface area contributed by atoms with Crippen molar-refractivity contribution in [1.29, 1.82) is 0 Å². The summed E-state index contributed by atoms with van der Waals surface area (Å²) in [5.41, 5.74) is 5.43. The number of carbonyl (C=O) groups excluding carboxylic acids is 2. The summed E-state index contributed by atoms with van der Waals surface area (Å²) in [6.45, 7) is 3.57. The van der Waals surface area contributed by atoms with E-state index < -0.39 is 17.9 Å². The van der Waals surface area contributed by atoms with E-state index in [0.29, 0.717) is 53.5 Å². The number of rotatable bonds is 11. The van der Waals surface area contributed by atoms with Gasteiger partial charge in [-0.2, -0.15) is 5.10 Å². The van der Waals surface area contributed by atoms with Crippen LogP contribution in [0.25, 0.3) is 0 Å². The van der Waals surface area contributed by atoms with Gasteiger partial charge in [0.25, 0.3) is 5.91 Å². The molecule has 3 aromatic carbocycles. The van der Waals surface area contributed by atoms with E-state index in [1.54, 1.807) is 56.3 Å². The minimum absolute atomic E-state index is 0.216. The Morgan fingerprint density at radius 3 is 2.61 bits per heavy atom. The van der Waals surface area contributed by atoms with Gasteiger partial charge in [0, 0.05) is 21.3 Å². The maximum atomic E-state index is 12.8. The molecule has 0 fully saturated rings. The van der Waals surface area contributed by atoms with Crippen molar-refractivity contribution in [3.63, 3.8) is 0 Å². The number of ether oxygens (including phenoxy) is 3. The molecule has 0 bridgehead atoms. The lowest BCUT2D eigenvalue weighted by Crippen LogP contribution is -2.45. The third-order valence-corrected chi connectivity index (χ3v) is 8.16. The molecule has 1 atom stereocenters. The smallest absolute Gasteiger partial charge is 0.338 e. The predicted molar refractivity (Wildman–Crippen MR) is 181 cm³/mol. The van der Waals surface area contributed by atoms with Gasteiger partial charge in [0.05, 0.1) is 39.0 Å². The first kappa shape index (κ1) is 33.7. The van der Waals surface area contributed by atoms with Crippen LogP contribution in [0.15, 0.2) is 79.9 Å². The van der Waals surface area contributed by atoms with E-state index in [4.69, 9.17) is 49.6 Å². The average molecular weight is 785 g/mol. The van der Waals surface area contributed by atoms with Gasteiger partial charge >= 0.3 is 5.97 Å². The Labute approximate surface area is 286 Å². The Morgan fingerprint density at radius 1 is 1.09 bits per heavy atom. The number of nitrogens with one attached hydrogen (secondary N) is 3. The van der Waals surface area contributed by atoms with Crippen LogP contribution in [0.4, 0.5) is 0 Å². The summed E-state index contributed by atoms with van der Waals surface area (Å²) in [5, 5.41) is 11.4. The van der Waals surface area contributed by atoms with Crippen molar-refractivity contribution in [1.82, 2.24) is 16.1 Å². The molecule has 230 valence electrons. The Kier molecular flexibility index (Phi) is 12.0. The molecule has 0 saturated carbocycles. The molecular weight excluding hydrogens is 759 g/mol. The number of para-hydroxylation sites is 1. The minimum atomic E-state index is -0.641. The third-order valence-electron chi connectivity index (χ3n) is 6.15. The van der Waals surface area contributed by atoms with Crippen LogP contribution in [0.1, 0.15) is 36.6 Å². The number of esters is 1. The van der Waals surface area contributed by atoms with Gasteiger partial charge in [-0.25, -0.2) is 10.2 Å². The average Bonchev–Trinajstić information content (AvgIpc) is 2.97. The topological polar surface area (TPSA) is 110 Å². The van der Waals surface area contributed by atoms with E-state index in [0.717, 1.165) is 10.0 Å². The van der Waals surface area contributed by atoms with Gasteiger partial charge in [-0.3, -0.25) is 4.79 Å². The third kappa shape index (κ3) is 8.72. The summed E-state index contributed by atoms with van der Waals surface area (Å²) in [7, 11) is 0. The zero-order chi connectivity index (χ0) is 31.8. The summed E-state index contributed by atoms with van der Waals surface area (Å²) in [6.07, 6.45) is 1.46. The predicted octanol–water partition coefficient (Wildman–Crippen LogP) is 6.98. The normalized spacial score (nSPS) is 14.6. The highest BCUT2D eigenvalue weighted by atomic mass is 79.9. The van der Waals surface area contributed by atoms with Gasteiger partial charge in [-0.15, -0.1) is 0 Å². The quantitative estimate of drug-likeness (QED) is 0.0828. The van der Waals surface area contributed by atoms with Crippen molar-refractivity contribution in [2.45, 2.75) is 26.5 Å². The molecule has 14 heteroatoms. The molecule has 9 nitrogen and oxygen atoms in total. The fourth-order valence-corrected chi connectivity index (χ4v) is 6.18. The number of hydrogen-bond acceptors (Lipinski definition) is 7.